The fourth-order valence-corrected chi connectivity index (χ4v) is 2.06. The van der Waals surface area contributed by atoms with E-state index in [0.717, 1.165) is 0 Å². The van der Waals surface area contributed by atoms with Crippen LogP contribution >= 0.6 is 0 Å². The van der Waals surface area contributed by atoms with Crippen molar-refractivity contribution in [2.45, 2.75) is 18.8 Å². The Bertz CT molecular complexity index is 476. The predicted octanol–water partition coefficient (Wildman–Crippen LogP) is 1.85. The van der Waals surface area contributed by atoms with Gasteiger partial charge in [0, 0.05) is 18.3 Å². The van der Waals surface area contributed by atoms with Crippen molar-refractivity contribution in [3.05, 3.63) is 30.7 Å². The molecule has 1 atom stereocenters. The van der Waals surface area contributed by atoms with Crippen molar-refractivity contribution >= 4 is 11.6 Å². The van der Waals surface area contributed by atoms with E-state index in [2.05, 4.69) is 4.74 Å². The van der Waals surface area contributed by atoms with Crippen molar-refractivity contribution in [2.75, 3.05) is 11.4 Å². The summed E-state index contributed by atoms with van der Waals surface area (Å²) in [4.78, 5) is 12.9. The number of carbonyl (C=O) groups excluding carboxylic acids is 1. The van der Waals surface area contributed by atoms with Gasteiger partial charge in [0.25, 0.3) is 0 Å². The number of nitrogens with two attached hydrogens (primary N) is 1. The molecule has 1 saturated heterocycles. The van der Waals surface area contributed by atoms with E-state index < -0.39 is 18.3 Å². The van der Waals surface area contributed by atoms with Crippen molar-refractivity contribution in [2.24, 2.45) is 5.73 Å². The van der Waals surface area contributed by atoms with Crippen LogP contribution in [0.3, 0.4) is 0 Å². The SMILES string of the molecule is NC(=O)C1[CH]CCN1c1cccc(OC(F)(F)F)c1. The number of amides is 1. The molecule has 1 unspecified atom stereocenters. The van der Waals surface area contributed by atoms with E-state index in [0.29, 0.717) is 18.7 Å². The normalized spacial score (nSPS) is 19.5. The summed E-state index contributed by atoms with van der Waals surface area (Å²) in [5.41, 5.74) is 5.71. The Kier molecular flexibility index (Phi) is 3.55. The minimum atomic E-state index is -4.74. The van der Waals surface area contributed by atoms with Crippen molar-refractivity contribution in [1.82, 2.24) is 0 Å². The molecule has 0 aliphatic carbocycles. The molecule has 0 saturated carbocycles. The average molecular weight is 273 g/mol. The third-order valence-electron chi connectivity index (χ3n) is 2.77. The molecule has 1 amide bonds. The van der Waals surface area contributed by atoms with Crippen LogP contribution in [0.15, 0.2) is 24.3 Å². The van der Waals surface area contributed by atoms with E-state index in [4.69, 9.17) is 5.73 Å². The summed E-state index contributed by atoms with van der Waals surface area (Å²) in [6.45, 7) is 0.531. The van der Waals surface area contributed by atoms with E-state index in [1.54, 1.807) is 17.4 Å². The van der Waals surface area contributed by atoms with Crippen LogP contribution in [0.4, 0.5) is 18.9 Å². The number of benzene rings is 1. The summed E-state index contributed by atoms with van der Waals surface area (Å²) in [6, 6.07) is 4.89. The zero-order valence-electron chi connectivity index (χ0n) is 9.85. The first-order valence-corrected chi connectivity index (χ1v) is 5.62. The second-order valence-corrected chi connectivity index (χ2v) is 4.11. The number of carbonyl (C=O) groups is 1. The van der Waals surface area contributed by atoms with Gasteiger partial charge in [-0.1, -0.05) is 6.07 Å². The lowest BCUT2D eigenvalue weighted by atomic mass is 10.2. The van der Waals surface area contributed by atoms with Crippen LogP contribution in [0.1, 0.15) is 6.42 Å². The van der Waals surface area contributed by atoms with E-state index in [1.807, 2.05) is 0 Å². The zero-order chi connectivity index (χ0) is 14.0. The number of anilines is 1. The second kappa shape index (κ2) is 4.99. The number of hydrogen-bond acceptors (Lipinski definition) is 3. The average Bonchev–Trinajstić information content (AvgIpc) is 2.75. The third kappa shape index (κ3) is 3.30. The fraction of sp³-hybridized carbons (Fsp3) is 0.333. The van der Waals surface area contributed by atoms with Gasteiger partial charge in [-0.05, 0) is 25.0 Å². The highest BCUT2D eigenvalue weighted by Crippen LogP contribution is 2.30. The third-order valence-corrected chi connectivity index (χ3v) is 2.77. The Hall–Kier alpha value is -1.92. The number of alkyl halides is 3. The fourth-order valence-electron chi connectivity index (χ4n) is 2.06. The summed E-state index contributed by atoms with van der Waals surface area (Å²) in [7, 11) is 0. The van der Waals surface area contributed by atoms with E-state index in [1.165, 1.54) is 18.2 Å². The Labute approximate surface area is 107 Å². The van der Waals surface area contributed by atoms with Gasteiger partial charge in [0.2, 0.25) is 5.91 Å². The van der Waals surface area contributed by atoms with Gasteiger partial charge in [-0.15, -0.1) is 13.2 Å². The molecule has 19 heavy (non-hydrogen) atoms. The van der Waals surface area contributed by atoms with Gasteiger partial charge in [0.15, 0.2) is 0 Å². The lowest BCUT2D eigenvalue weighted by Crippen LogP contribution is -2.40. The smallest absolute Gasteiger partial charge is 0.406 e. The minimum absolute atomic E-state index is 0.319. The van der Waals surface area contributed by atoms with Gasteiger partial charge in [-0.2, -0.15) is 0 Å². The van der Waals surface area contributed by atoms with Crippen LogP contribution in [-0.4, -0.2) is 24.9 Å². The molecule has 0 aromatic heterocycles. The molecule has 103 valence electrons. The first-order chi connectivity index (χ1) is 8.87. The Morgan fingerprint density at radius 3 is 2.79 bits per heavy atom. The summed E-state index contributed by atoms with van der Waals surface area (Å²) in [5, 5.41) is 0. The quantitative estimate of drug-likeness (QED) is 0.914. The van der Waals surface area contributed by atoms with Gasteiger partial charge >= 0.3 is 6.36 Å². The van der Waals surface area contributed by atoms with Gasteiger partial charge < -0.3 is 15.4 Å². The maximum absolute atomic E-state index is 12.1. The van der Waals surface area contributed by atoms with Crippen LogP contribution in [0.25, 0.3) is 0 Å². The number of rotatable bonds is 3. The second-order valence-electron chi connectivity index (χ2n) is 4.11. The monoisotopic (exact) mass is 273 g/mol. The van der Waals surface area contributed by atoms with Crippen LogP contribution in [0.5, 0.6) is 5.75 Å². The number of nitrogens with zero attached hydrogens (tertiary/aromatic N) is 1. The van der Waals surface area contributed by atoms with Crippen molar-refractivity contribution < 1.29 is 22.7 Å². The molecule has 1 aromatic rings. The number of ether oxygens (including phenoxy) is 1. The van der Waals surface area contributed by atoms with Crippen LogP contribution in [0, 0.1) is 6.42 Å². The summed E-state index contributed by atoms with van der Waals surface area (Å²) in [6.07, 6.45) is -2.35. The van der Waals surface area contributed by atoms with Gasteiger partial charge in [0.05, 0.1) is 0 Å². The Balaban J connectivity index is 2.21. The van der Waals surface area contributed by atoms with Gasteiger partial charge in [0.1, 0.15) is 11.8 Å². The van der Waals surface area contributed by atoms with Gasteiger partial charge in [-0.3, -0.25) is 4.79 Å². The van der Waals surface area contributed by atoms with Crippen molar-refractivity contribution in [3.8, 4) is 5.75 Å². The largest absolute Gasteiger partial charge is 0.573 e. The summed E-state index contributed by atoms with van der Waals surface area (Å²) >= 11 is 0. The topological polar surface area (TPSA) is 55.6 Å². The number of hydrogen-bond donors (Lipinski definition) is 1. The lowest BCUT2D eigenvalue weighted by molar-refractivity contribution is -0.274. The van der Waals surface area contributed by atoms with Crippen molar-refractivity contribution in [3.63, 3.8) is 0 Å². The Morgan fingerprint density at radius 2 is 2.16 bits per heavy atom. The van der Waals surface area contributed by atoms with Gasteiger partial charge in [-0.25, -0.2) is 0 Å². The number of primary amides is 1. The molecule has 1 radical (unpaired) electrons. The molecule has 1 aliphatic rings. The van der Waals surface area contributed by atoms with E-state index in [-0.39, 0.29) is 5.75 Å². The van der Waals surface area contributed by atoms with Crippen LogP contribution < -0.4 is 15.4 Å². The lowest BCUT2D eigenvalue weighted by Gasteiger charge is -2.24. The molecule has 4 nitrogen and oxygen atoms in total. The highest BCUT2D eigenvalue weighted by Gasteiger charge is 2.32. The highest BCUT2D eigenvalue weighted by molar-refractivity contribution is 5.86. The van der Waals surface area contributed by atoms with E-state index in [9.17, 15) is 18.0 Å². The molecular weight excluding hydrogens is 261 g/mol. The first-order valence-electron chi connectivity index (χ1n) is 5.62. The molecule has 1 fully saturated rings. The standard InChI is InChI=1S/C12H12F3N2O2/c13-12(14,15)19-9-4-1-3-8(7-9)17-6-2-5-10(17)11(16)18/h1,3-5,7,10H,2,6H2,(H2,16,18). The maximum atomic E-state index is 12.1. The molecule has 1 aliphatic heterocycles. The molecule has 2 N–H and O–H groups in total. The molecule has 2 rings (SSSR count). The molecule has 0 bridgehead atoms. The zero-order valence-corrected chi connectivity index (χ0v) is 9.85. The predicted molar refractivity (Wildman–Crippen MR) is 62.4 cm³/mol. The summed E-state index contributed by atoms with van der Waals surface area (Å²) in [5.74, 6) is -0.847. The first kappa shape index (κ1) is 13.5. The Morgan fingerprint density at radius 1 is 1.42 bits per heavy atom. The van der Waals surface area contributed by atoms with Crippen LogP contribution in [-0.2, 0) is 4.79 Å². The molecular formula is C12H12F3N2O2. The molecule has 0 spiro atoms. The van der Waals surface area contributed by atoms with E-state index >= 15 is 0 Å². The van der Waals surface area contributed by atoms with Crippen molar-refractivity contribution in [1.29, 1.82) is 0 Å². The molecule has 1 heterocycles. The number of halogens is 3. The highest BCUT2D eigenvalue weighted by atomic mass is 19.4. The molecule has 1 aromatic carbocycles. The molecule has 7 heteroatoms. The van der Waals surface area contributed by atoms with Crippen LogP contribution in [0.2, 0.25) is 0 Å². The summed E-state index contributed by atoms with van der Waals surface area (Å²) < 4.78 is 40.3. The minimum Gasteiger partial charge on any atom is -0.406 e. The maximum Gasteiger partial charge on any atom is 0.573 e.